The van der Waals surface area contributed by atoms with Crippen LogP contribution < -0.4 is 15.0 Å². The molecule has 2 aliphatic heterocycles. The third-order valence-corrected chi connectivity index (χ3v) is 7.16. The van der Waals surface area contributed by atoms with Crippen molar-refractivity contribution in [1.82, 2.24) is 5.32 Å². The molecule has 1 saturated heterocycles. The fraction of sp³-hybridized carbons (Fsp3) is 0.667. The minimum atomic E-state index is -5.08. The zero-order valence-corrected chi connectivity index (χ0v) is 16.9. The Balaban J connectivity index is 0.000000272. The van der Waals surface area contributed by atoms with Crippen molar-refractivity contribution >= 4 is 11.7 Å². The van der Waals surface area contributed by atoms with Crippen LogP contribution in [0.25, 0.3) is 0 Å². The molecule has 1 aromatic rings. The van der Waals surface area contributed by atoms with Crippen molar-refractivity contribution in [1.29, 1.82) is 0 Å². The Labute approximate surface area is 173 Å². The van der Waals surface area contributed by atoms with Gasteiger partial charge in [0.25, 0.3) is 0 Å². The van der Waals surface area contributed by atoms with Gasteiger partial charge in [-0.1, -0.05) is 12.8 Å². The summed E-state index contributed by atoms with van der Waals surface area (Å²) in [4.78, 5) is 11.2. The van der Waals surface area contributed by atoms with Gasteiger partial charge >= 0.3 is 12.1 Å². The van der Waals surface area contributed by atoms with Crippen LogP contribution >= 0.6 is 0 Å². The van der Waals surface area contributed by atoms with E-state index in [2.05, 4.69) is 23.3 Å². The summed E-state index contributed by atoms with van der Waals surface area (Å²) in [6, 6.07) is 2.66. The lowest BCUT2D eigenvalue weighted by Crippen LogP contribution is -2.59. The summed E-state index contributed by atoms with van der Waals surface area (Å²) >= 11 is 0. The minimum absolute atomic E-state index is 0.284. The Morgan fingerprint density at radius 2 is 2.07 bits per heavy atom. The molecule has 9 heteroatoms. The Morgan fingerprint density at radius 1 is 1.33 bits per heavy atom. The number of ether oxygens (including phenoxy) is 1. The molecular weight excluding hydrogens is 401 g/mol. The summed E-state index contributed by atoms with van der Waals surface area (Å²) < 4.78 is 37.6. The van der Waals surface area contributed by atoms with Crippen molar-refractivity contribution in [2.24, 2.45) is 5.92 Å². The lowest BCUT2D eigenvalue weighted by Gasteiger charge is -2.56. The van der Waals surface area contributed by atoms with Gasteiger partial charge in [-0.3, -0.25) is 0 Å². The number of fused-ring (bicyclic) bond motifs is 3. The number of benzene rings is 1. The van der Waals surface area contributed by atoms with Crippen LogP contribution in [0.3, 0.4) is 0 Å². The summed E-state index contributed by atoms with van der Waals surface area (Å²) in [5.74, 6) is -0.959. The summed E-state index contributed by atoms with van der Waals surface area (Å²) in [7, 11) is 2.13. The van der Waals surface area contributed by atoms with Crippen LogP contribution in [-0.2, 0) is 16.6 Å². The number of aromatic hydroxyl groups is 1. The van der Waals surface area contributed by atoms with Crippen LogP contribution in [0.4, 0.5) is 18.9 Å². The number of carboxylic acid groups (broad SMARTS) is 1. The third kappa shape index (κ3) is 3.36. The molecule has 30 heavy (non-hydrogen) atoms. The average molecular weight is 428 g/mol. The highest BCUT2D eigenvalue weighted by molar-refractivity contribution is 5.74. The maximum absolute atomic E-state index is 10.6. The van der Waals surface area contributed by atoms with E-state index in [4.69, 9.17) is 14.6 Å². The number of hydrogen-bond acceptors (Lipinski definition) is 5. The van der Waals surface area contributed by atoms with Crippen LogP contribution in [-0.4, -0.2) is 55.1 Å². The van der Waals surface area contributed by atoms with Gasteiger partial charge in [0.15, 0.2) is 11.5 Å². The number of piperidine rings is 1. The van der Waals surface area contributed by atoms with Gasteiger partial charge in [-0.15, -0.1) is 0 Å². The lowest BCUT2D eigenvalue weighted by atomic mass is 9.52. The molecule has 5 rings (SSSR count). The second kappa shape index (κ2) is 7.51. The largest absolute Gasteiger partial charge is 0.504 e. The highest BCUT2D eigenvalue weighted by atomic mass is 19.4. The third-order valence-electron chi connectivity index (χ3n) is 7.16. The number of hydrogen-bond donors (Lipinski definition) is 3. The molecule has 2 bridgehead atoms. The van der Waals surface area contributed by atoms with Crippen LogP contribution in [0.2, 0.25) is 0 Å². The first-order chi connectivity index (χ1) is 14.1. The highest BCUT2D eigenvalue weighted by Crippen LogP contribution is 2.58. The summed E-state index contributed by atoms with van der Waals surface area (Å²) in [5, 5.41) is 21.6. The predicted octanol–water partition coefficient (Wildman–Crippen LogP) is 3.20. The first kappa shape index (κ1) is 21.1. The fourth-order valence-corrected chi connectivity index (χ4v) is 5.96. The van der Waals surface area contributed by atoms with Crippen LogP contribution in [0.5, 0.6) is 11.5 Å². The summed E-state index contributed by atoms with van der Waals surface area (Å²) in [5.41, 5.74) is 4.32. The maximum Gasteiger partial charge on any atom is 0.490 e. The van der Waals surface area contributed by atoms with Gasteiger partial charge in [-0.25, -0.2) is 4.79 Å². The highest BCUT2D eigenvalue weighted by Gasteiger charge is 2.52. The standard InChI is InChI=1S/C19H26N2O2.C2HF3O2/c1-21-8-9-23-18-16(22)11-14-12(17(18)21)10-15-13-4-2-3-5-19(13,14)6-7-20-15;3-2(4,5)1(6)7/h11,13,15,20,22H,2-10H2,1H3;(H,6,7)/t13-,15+,19+;/m1./s1. The summed E-state index contributed by atoms with van der Waals surface area (Å²) in [6.07, 6.45) is 2.52. The van der Waals surface area contributed by atoms with Gasteiger partial charge in [0.05, 0.1) is 12.2 Å². The van der Waals surface area contributed by atoms with Gasteiger partial charge in [0, 0.05) is 18.5 Å². The van der Waals surface area contributed by atoms with E-state index in [9.17, 15) is 18.3 Å². The number of carboxylic acids is 1. The molecule has 2 heterocycles. The van der Waals surface area contributed by atoms with Crippen molar-refractivity contribution in [3.63, 3.8) is 0 Å². The normalized spacial score (nSPS) is 29.4. The quantitative estimate of drug-likeness (QED) is 0.589. The van der Waals surface area contributed by atoms with E-state index in [1.807, 2.05) is 0 Å². The molecule has 0 aromatic heterocycles. The number of alkyl halides is 3. The zero-order valence-electron chi connectivity index (χ0n) is 16.9. The smallest absolute Gasteiger partial charge is 0.490 e. The summed E-state index contributed by atoms with van der Waals surface area (Å²) in [6.45, 7) is 2.67. The van der Waals surface area contributed by atoms with Crippen molar-refractivity contribution < 1.29 is 32.9 Å². The first-order valence-corrected chi connectivity index (χ1v) is 10.4. The molecular formula is C21H27F3N2O4. The number of aliphatic carboxylic acids is 1. The number of nitrogens with one attached hydrogen (secondary N) is 1. The molecule has 2 fully saturated rings. The molecule has 6 nitrogen and oxygen atoms in total. The Hall–Kier alpha value is -2.16. The Bertz CT molecular complexity index is 841. The minimum Gasteiger partial charge on any atom is -0.504 e. The number of carbonyl (C=O) groups is 1. The van der Waals surface area contributed by atoms with Crippen molar-refractivity contribution in [3.8, 4) is 11.5 Å². The van der Waals surface area contributed by atoms with Gasteiger partial charge in [-0.2, -0.15) is 13.2 Å². The molecule has 1 aromatic carbocycles. The van der Waals surface area contributed by atoms with Gasteiger partial charge in [0.2, 0.25) is 0 Å². The Kier molecular flexibility index (Phi) is 5.28. The SMILES string of the molecule is CN1CCOc2c(O)cc3c(c21)C[C@@H]1NCC[C@]32CCCC[C@H]12.O=C(O)C(F)(F)F. The average Bonchev–Trinajstić information content (AvgIpc) is 2.69. The Morgan fingerprint density at radius 3 is 2.77 bits per heavy atom. The van der Waals surface area contributed by atoms with Crippen LogP contribution in [0, 0.1) is 5.92 Å². The number of anilines is 1. The van der Waals surface area contributed by atoms with E-state index in [1.165, 1.54) is 43.2 Å². The van der Waals surface area contributed by atoms with Gasteiger partial charge in [0.1, 0.15) is 6.61 Å². The molecule has 0 unspecified atom stereocenters. The molecule has 4 aliphatic rings. The van der Waals surface area contributed by atoms with Gasteiger partial charge in [-0.05, 0) is 55.3 Å². The van der Waals surface area contributed by atoms with Gasteiger partial charge < -0.3 is 25.2 Å². The van der Waals surface area contributed by atoms with E-state index in [-0.39, 0.29) is 5.41 Å². The van der Waals surface area contributed by atoms with Crippen molar-refractivity contribution in [2.45, 2.75) is 56.2 Å². The van der Waals surface area contributed by atoms with Crippen LogP contribution in [0.15, 0.2) is 6.07 Å². The van der Waals surface area contributed by atoms with E-state index >= 15 is 0 Å². The van der Waals surface area contributed by atoms with E-state index in [0.29, 0.717) is 24.1 Å². The predicted molar refractivity (Wildman–Crippen MR) is 104 cm³/mol. The second-order valence-corrected chi connectivity index (χ2v) is 8.70. The number of rotatable bonds is 0. The van der Waals surface area contributed by atoms with Crippen molar-refractivity contribution in [2.75, 3.05) is 31.6 Å². The number of phenols is 1. The molecule has 3 N–H and O–H groups in total. The first-order valence-electron chi connectivity index (χ1n) is 10.4. The number of nitrogens with zero attached hydrogens (tertiary/aromatic N) is 1. The monoisotopic (exact) mass is 428 g/mol. The van der Waals surface area contributed by atoms with Crippen LogP contribution in [0.1, 0.15) is 43.2 Å². The lowest BCUT2D eigenvalue weighted by molar-refractivity contribution is -0.192. The fourth-order valence-electron chi connectivity index (χ4n) is 5.96. The number of halogens is 3. The molecule has 166 valence electrons. The molecule has 0 amide bonds. The number of likely N-dealkylation sites (N-methyl/N-ethyl adjacent to an activating group) is 1. The van der Waals surface area contributed by atoms with Crippen molar-refractivity contribution in [3.05, 3.63) is 17.2 Å². The topological polar surface area (TPSA) is 82.0 Å². The van der Waals surface area contributed by atoms with E-state index in [1.54, 1.807) is 0 Å². The molecule has 2 aliphatic carbocycles. The second-order valence-electron chi connectivity index (χ2n) is 8.70. The maximum atomic E-state index is 10.6. The number of phenolic OH excluding ortho intramolecular Hbond substituents is 1. The zero-order chi connectivity index (χ0) is 21.7. The molecule has 3 atom stereocenters. The molecule has 0 radical (unpaired) electrons. The molecule has 0 spiro atoms. The molecule has 1 saturated carbocycles. The van der Waals surface area contributed by atoms with E-state index in [0.717, 1.165) is 31.1 Å². The van der Waals surface area contributed by atoms with E-state index < -0.39 is 12.1 Å².